The number of aryl methyl sites for hydroxylation is 1. The number of benzene rings is 1. The molecule has 2 aliphatic rings. The van der Waals surface area contributed by atoms with E-state index < -0.39 is 0 Å². The molecule has 26 heavy (non-hydrogen) atoms. The number of amides is 2. The van der Waals surface area contributed by atoms with Gasteiger partial charge in [0.1, 0.15) is 0 Å². The maximum atomic E-state index is 12.6. The fourth-order valence-corrected chi connectivity index (χ4v) is 4.16. The quantitative estimate of drug-likeness (QED) is 0.899. The molecule has 2 aromatic rings. The van der Waals surface area contributed by atoms with Crippen molar-refractivity contribution in [2.75, 3.05) is 31.1 Å². The zero-order valence-corrected chi connectivity index (χ0v) is 15.2. The molecule has 1 saturated heterocycles. The van der Waals surface area contributed by atoms with Gasteiger partial charge in [0.05, 0.1) is 12.6 Å². The van der Waals surface area contributed by atoms with Gasteiger partial charge in [-0.25, -0.2) is 4.79 Å². The van der Waals surface area contributed by atoms with E-state index in [1.165, 1.54) is 17.7 Å². The number of carbonyl (C=O) groups excluding carboxylic acids is 1. The van der Waals surface area contributed by atoms with E-state index in [0.717, 1.165) is 45.4 Å². The molecule has 0 radical (unpaired) electrons. The average Bonchev–Trinajstić information content (AvgIpc) is 3.34. The van der Waals surface area contributed by atoms with Gasteiger partial charge in [0.25, 0.3) is 0 Å². The molecule has 1 N–H and O–H groups in total. The molecule has 0 spiro atoms. The summed E-state index contributed by atoms with van der Waals surface area (Å²) in [5, 5.41) is 7.40. The van der Waals surface area contributed by atoms with Crippen molar-refractivity contribution in [3.05, 3.63) is 48.3 Å². The Hall–Kier alpha value is -2.50. The summed E-state index contributed by atoms with van der Waals surface area (Å²) in [6.45, 7) is 4.22. The topological polar surface area (TPSA) is 53.4 Å². The fraction of sp³-hybridized carbons (Fsp3) is 0.500. The highest BCUT2D eigenvalue weighted by Gasteiger charge is 2.29. The summed E-state index contributed by atoms with van der Waals surface area (Å²) in [6, 6.07) is 10.8. The molecule has 6 heteroatoms. The lowest BCUT2D eigenvalue weighted by Gasteiger charge is -2.32. The van der Waals surface area contributed by atoms with Crippen LogP contribution in [-0.2, 0) is 13.0 Å². The third-order valence-corrected chi connectivity index (χ3v) is 5.46. The minimum atomic E-state index is 0.0601. The third kappa shape index (κ3) is 3.69. The number of nitrogens with zero attached hydrogens (tertiary/aromatic N) is 4. The highest BCUT2D eigenvalue weighted by Crippen LogP contribution is 2.26. The van der Waals surface area contributed by atoms with E-state index in [2.05, 4.69) is 39.6 Å². The van der Waals surface area contributed by atoms with Gasteiger partial charge in [0.15, 0.2) is 0 Å². The smallest absolute Gasteiger partial charge is 0.317 e. The van der Waals surface area contributed by atoms with Crippen molar-refractivity contribution in [3.8, 4) is 0 Å². The Balaban J connectivity index is 1.29. The number of urea groups is 1. The van der Waals surface area contributed by atoms with E-state index in [-0.39, 0.29) is 12.1 Å². The third-order valence-electron chi connectivity index (χ3n) is 5.46. The Morgan fingerprint density at radius 2 is 2.12 bits per heavy atom. The average molecular weight is 353 g/mol. The molecule has 0 bridgehead atoms. The van der Waals surface area contributed by atoms with E-state index in [9.17, 15) is 4.79 Å². The van der Waals surface area contributed by atoms with E-state index in [4.69, 9.17) is 0 Å². The lowest BCUT2D eigenvalue weighted by molar-refractivity contribution is 0.186. The lowest BCUT2D eigenvalue weighted by Crippen LogP contribution is -2.46. The molecular formula is C20H27N5O. The number of likely N-dealkylation sites (tertiary alicyclic amines) is 1. The number of nitrogens with one attached hydrogen (secondary N) is 1. The summed E-state index contributed by atoms with van der Waals surface area (Å²) in [7, 11) is 0. The normalized spacial score (nSPS) is 19.5. The van der Waals surface area contributed by atoms with Crippen LogP contribution in [0.4, 0.5) is 10.5 Å². The maximum absolute atomic E-state index is 12.6. The minimum Gasteiger partial charge on any atom is -0.370 e. The standard InChI is InChI=1S/C20H27N5O/c26-20(25-14-4-8-18(25)16-24-13-5-10-22-24)21-11-15-23-12-3-7-17-6-1-2-9-19(17)23/h1-2,5-6,9-10,13,18H,3-4,7-8,11-12,14-16H2,(H,21,26). The molecule has 1 aromatic carbocycles. The summed E-state index contributed by atoms with van der Waals surface area (Å²) in [4.78, 5) is 17.0. The Bertz CT molecular complexity index is 730. The number of para-hydroxylation sites is 1. The van der Waals surface area contributed by atoms with Gasteiger partial charge in [0, 0.05) is 44.3 Å². The van der Waals surface area contributed by atoms with Crippen LogP contribution >= 0.6 is 0 Å². The van der Waals surface area contributed by atoms with Gasteiger partial charge in [-0.05, 0) is 43.4 Å². The SMILES string of the molecule is O=C(NCCN1CCCc2ccccc21)N1CCCC1Cn1cccn1. The molecule has 2 aliphatic heterocycles. The summed E-state index contributed by atoms with van der Waals surface area (Å²) < 4.78 is 1.92. The van der Waals surface area contributed by atoms with E-state index in [1.807, 2.05) is 21.8 Å². The first-order valence-electron chi connectivity index (χ1n) is 9.66. The predicted octanol–water partition coefficient (Wildman–Crippen LogP) is 2.51. The monoisotopic (exact) mass is 353 g/mol. The van der Waals surface area contributed by atoms with E-state index in [0.29, 0.717) is 6.54 Å². The van der Waals surface area contributed by atoms with Gasteiger partial charge in [-0.1, -0.05) is 18.2 Å². The molecule has 0 saturated carbocycles. The largest absolute Gasteiger partial charge is 0.370 e. The first-order valence-corrected chi connectivity index (χ1v) is 9.66. The van der Waals surface area contributed by atoms with Crippen molar-refractivity contribution in [2.24, 2.45) is 0 Å². The summed E-state index contributed by atoms with van der Waals surface area (Å²) in [5.41, 5.74) is 2.75. The summed E-state index contributed by atoms with van der Waals surface area (Å²) in [5.74, 6) is 0. The van der Waals surface area contributed by atoms with Crippen molar-refractivity contribution >= 4 is 11.7 Å². The van der Waals surface area contributed by atoms with Crippen LogP contribution in [0, 0.1) is 0 Å². The number of rotatable bonds is 5. The van der Waals surface area contributed by atoms with Crippen LogP contribution in [0.1, 0.15) is 24.8 Å². The first-order chi connectivity index (χ1) is 12.8. The molecule has 1 fully saturated rings. The Labute approximate surface area is 154 Å². The highest BCUT2D eigenvalue weighted by atomic mass is 16.2. The van der Waals surface area contributed by atoms with Crippen LogP contribution in [-0.4, -0.2) is 52.9 Å². The van der Waals surface area contributed by atoms with Gasteiger partial charge in [0.2, 0.25) is 0 Å². The number of fused-ring (bicyclic) bond motifs is 1. The predicted molar refractivity (Wildman–Crippen MR) is 102 cm³/mol. The molecule has 1 aromatic heterocycles. The van der Waals surface area contributed by atoms with Gasteiger partial charge in [-0.3, -0.25) is 4.68 Å². The van der Waals surface area contributed by atoms with E-state index >= 15 is 0 Å². The second-order valence-corrected chi connectivity index (χ2v) is 7.17. The molecule has 1 unspecified atom stereocenters. The number of hydrogen-bond donors (Lipinski definition) is 1. The summed E-state index contributed by atoms with van der Waals surface area (Å²) in [6.07, 6.45) is 8.20. The van der Waals surface area contributed by atoms with Crippen molar-refractivity contribution in [2.45, 2.75) is 38.3 Å². The van der Waals surface area contributed by atoms with Crippen LogP contribution in [0.25, 0.3) is 0 Å². The number of aromatic nitrogens is 2. The van der Waals surface area contributed by atoms with Gasteiger partial charge in [-0.2, -0.15) is 5.10 Å². The van der Waals surface area contributed by atoms with Gasteiger partial charge < -0.3 is 15.1 Å². The van der Waals surface area contributed by atoms with Crippen molar-refractivity contribution in [3.63, 3.8) is 0 Å². The minimum absolute atomic E-state index is 0.0601. The Morgan fingerprint density at radius 3 is 3.00 bits per heavy atom. The second kappa shape index (κ2) is 7.81. The molecule has 0 aliphatic carbocycles. The van der Waals surface area contributed by atoms with Crippen molar-refractivity contribution in [1.82, 2.24) is 20.0 Å². The zero-order valence-electron chi connectivity index (χ0n) is 15.2. The van der Waals surface area contributed by atoms with Crippen LogP contribution in [0.15, 0.2) is 42.7 Å². The zero-order chi connectivity index (χ0) is 17.8. The molecule has 2 amide bonds. The fourth-order valence-electron chi connectivity index (χ4n) is 4.16. The number of hydrogen-bond acceptors (Lipinski definition) is 3. The van der Waals surface area contributed by atoms with Crippen LogP contribution in [0.2, 0.25) is 0 Å². The van der Waals surface area contributed by atoms with Crippen molar-refractivity contribution in [1.29, 1.82) is 0 Å². The van der Waals surface area contributed by atoms with Crippen LogP contribution in [0.5, 0.6) is 0 Å². The van der Waals surface area contributed by atoms with Crippen molar-refractivity contribution < 1.29 is 4.79 Å². The first kappa shape index (κ1) is 16.9. The number of carbonyl (C=O) groups is 1. The van der Waals surface area contributed by atoms with Crippen LogP contribution < -0.4 is 10.2 Å². The molecule has 4 rings (SSSR count). The number of anilines is 1. The molecule has 138 valence electrons. The second-order valence-electron chi connectivity index (χ2n) is 7.17. The van der Waals surface area contributed by atoms with Gasteiger partial charge >= 0.3 is 6.03 Å². The van der Waals surface area contributed by atoms with Gasteiger partial charge in [-0.15, -0.1) is 0 Å². The molecule has 3 heterocycles. The van der Waals surface area contributed by atoms with Crippen LogP contribution in [0.3, 0.4) is 0 Å². The summed E-state index contributed by atoms with van der Waals surface area (Å²) >= 11 is 0. The Morgan fingerprint density at radius 1 is 1.19 bits per heavy atom. The lowest BCUT2D eigenvalue weighted by atomic mass is 10.0. The highest BCUT2D eigenvalue weighted by molar-refractivity contribution is 5.75. The Kier molecular flexibility index (Phi) is 5.09. The molecule has 6 nitrogen and oxygen atoms in total. The molecular weight excluding hydrogens is 326 g/mol. The van der Waals surface area contributed by atoms with E-state index in [1.54, 1.807) is 6.20 Å². The molecule has 1 atom stereocenters. The maximum Gasteiger partial charge on any atom is 0.317 e.